The molecule has 6 heteroatoms. The lowest BCUT2D eigenvalue weighted by molar-refractivity contribution is -0.136. The van der Waals surface area contributed by atoms with E-state index in [-0.39, 0.29) is 29.9 Å². The van der Waals surface area contributed by atoms with Crippen molar-refractivity contribution in [1.82, 2.24) is 10.2 Å². The van der Waals surface area contributed by atoms with Gasteiger partial charge in [0.05, 0.1) is 12.1 Å². The van der Waals surface area contributed by atoms with Gasteiger partial charge in [-0.05, 0) is 67.9 Å². The summed E-state index contributed by atoms with van der Waals surface area (Å²) < 4.78 is 5.53. The van der Waals surface area contributed by atoms with Gasteiger partial charge in [0.25, 0.3) is 0 Å². The van der Waals surface area contributed by atoms with Crippen LogP contribution in [0.2, 0.25) is 0 Å². The van der Waals surface area contributed by atoms with Crippen molar-refractivity contribution in [3.05, 3.63) is 35.1 Å². The molecule has 2 aliphatic carbocycles. The molecule has 3 aliphatic rings. The first-order chi connectivity index (χ1) is 14.4. The second-order valence-electron chi connectivity index (χ2n) is 9.33. The summed E-state index contributed by atoms with van der Waals surface area (Å²) in [4.78, 5) is 15.3. The summed E-state index contributed by atoms with van der Waals surface area (Å²) in [6.45, 7) is 6.55. The zero-order valence-corrected chi connectivity index (χ0v) is 19.3. The van der Waals surface area contributed by atoms with Crippen LogP contribution in [0.5, 0.6) is 0 Å². The van der Waals surface area contributed by atoms with Gasteiger partial charge in [0.2, 0.25) is 5.91 Å². The highest BCUT2D eigenvalue weighted by atomic mass is 35.5. The van der Waals surface area contributed by atoms with E-state index in [2.05, 4.69) is 25.2 Å². The Morgan fingerprint density at radius 3 is 2.67 bits per heavy atom. The van der Waals surface area contributed by atoms with Crippen molar-refractivity contribution >= 4 is 17.5 Å². The Hall–Kier alpha value is -1.30. The number of methoxy groups -OCH3 is 1. The number of ether oxygens (including phenoxy) is 1. The van der Waals surface area contributed by atoms with Gasteiger partial charge in [0.1, 0.15) is 5.76 Å². The number of carbonyl (C=O) groups is 1. The van der Waals surface area contributed by atoms with E-state index in [0.29, 0.717) is 24.1 Å². The average Bonchev–Trinajstić information content (AvgIpc) is 2.74. The number of hydrogen-bond acceptors (Lipinski definition) is 4. The molecule has 0 aromatic heterocycles. The lowest BCUT2D eigenvalue weighted by atomic mass is 9.77. The number of aliphatic hydroxyl groups is 1. The van der Waals surface area contributed by atoms with Crippen LogP contribution in [0, 0.1) is 23.7 Å². The molecule has 5 nitrogen and oxygen atoms in total. The zero-order valence-electron chi connectivity index (χ0n) is 18.5. The number of hydrogen-bond donors (Lipinski definition) is 2. The van der Waals surface area contributed by atoms with Gasteiger partial charge >= 0.3 is 0 Å². The quantitative estimate of drug-likeness (QED) is 0.620. The lowest BCUT2D eigenvalue weighted by Crippen LogP contribution is -2.52. The molecule has 1 fully saturated rings. The molecular weight excluding hydrogens is 400 g/mol. The SMILES string of the molecule is COC1CC(C2CCN(C(=O)[C@H](NCC3C=C(O)C=CC3)C(C)C)CC2)CC=C1Cl. The molecule has 1 saturated heterocycles. The summed E-state index contributed by atoms with van der Waals surface area (Å²) in [5.41, 5.74) is 0. The molecule has 0 spiro atoms. The Labute approximate surface area is 186 Å². The van der Waals surface area contributed by atoms with Crippen LogP contribution in [0.1, 0.15) is 46.0 Å². The van der Waals surface area contributed by atoms with Crippen LogP contribution in [-0.2, 0) is 9.53 Å². The summed E-state index contributed by atoms with van der Waals surface area (Å²) in [5.74, 6) is 2.20. The Morgan fingerprint density at radius 2 is 2.03 bits per heavy atom. The van der Waals surface area contributed by atoms with Gasteiger partial charge in [-0.2, -0.15) is 0 Å². The smallest absolute Gasteiger partial charge is 0.239 e. The fourth-order valence-electron chi connectivity index (χ4n) is 5.02. The molecule has 0 bridgehead atoms. The molecule has 0 aromatic carbocycles. The van der Waals surface area contributed by atoms with E-state index >= 15 is 0 Å². The number of carbonyl (C=O) groups excluding carboxylic acids is 1. The first-order valence-electron chi connectivity index (χ1n) is 11.4. The van der Waals surface area contributed by atoms with Crippen LogP contribution in [-0.4, -0.2) is 54.8 Å². The number of likely N-dealkylation sites (tertiary alicyclic amines) is 1. The van der Waals surface area contributed by atoms with Gasteiger partial charge < -0.3 is 20.1 Å². The molecule has 3 rings (SSSR count). The molecule has 1 heterocycles. The third-order valence-corrected chi connectivity index (χ3v) is 7.31. The van der Waals surface area contributed by atoms with Gasteiger partial charge in [-0.15, -0.1) is 0 Å². The van der Waals surface area contributed by atoms with Crippen molar-refractivity contribution in [2.45, 2.75) is 58.1 Å². The zero-order chi connectivity index (χ0) is 21.7. The summed E-state index contributed by atoms with van der Waals surface area (Å²) in [6, 6.07) is -0.183. The molecule has 3 unspecified atom stereocenters. The molecule has 168 valence electrons. The lowest BCUT2D eigenvalue weighted by Gasteiger charge is -2.40. The van der Waals surface area contributed by atoms with Crippen molar-refractivity contribution in [2.24, 2.45) is 23.7 Å². The minimum absolute atomic E-state index is 0.0303. The largest absolute Gasteiger partial charge is 0.508 e. The molecule has 1 aliphatic heterocycles. The number of nitrogens with one attached hydrogen (secondary N) is 1. The Morgan fingerprint density at radius 1 is 1.30 bits per heavy atom. The van der Waals surface area contributed by atoms with E-state index in [1.54, 1.807) is 13.2 Å². The number of aliphatic hydroxyl groups excluding tert-OH is 1. The molecule has 4 atom stereocenters. The second kappa shape index (κ2) is 10.8. The number of halogens is 1. The number of nitrogens with zero attached hydrogens (tertiary/aromatic N) is 1. The van der Waals surface area contributed by atoms with Gasteiger partial charge in [-0.3, -0.25) is 4.79 Å². The van der Waals surface area contributed by atoms with E-state index < -0.39 is 0 Å². The third kappa shape index (κ3) is 5.89. The molecule has 0 aromatic rings. The summed E-state index contributed by atoms with van der Waals surface area (Å²) in [6.07, 6.45) is 12.7. The van der Waals surface area contributed by atoms with Crippen LogP contribution < -0.4 is 5.32 Å². The van der Waals surface area contributed by atoms with E-state index in [0.717, 1.165) is 50.2 Å². The standard InChI is InChI=1S/C24H37ClN2O3/c1-16(2)23(26-15-17-5-4-6-20(28)13-17)24(29)27-11-9-18(10-12-27)19-7-8-21(25)22(14-19)30-3/h4,6,8,13,16-19,22-23,26,28H,5,7,9-12,14-15H2,1-3H3/t17?,19?,22?,23-/m1/s1. The van der Waals surface area contributed by atoms with Crippen LogP contribution in [0.15, 0.2) is 35.1 Å². The van der Waals surface area contributed by atoms with E-state index in [9.17, 15) is 9.90 Å². The third-order valence-electron chi connectivity index (χ3n) is 6.91. The normalized spacial score (nSPS) is 29.0. The minimum atomic E-state index is -0.183. The number of piperidine rings is 1. The first-order valence-corrected chi connectivity index (χ1v) is 11.7. The molecule has 30 heavy (non-hydrogen) atoms. The number of amides is 1. The fourth-order valence-corrected chi connectivity index (χ4v) is 5.29. The molecule has 0 radical (unpaired) electrons. The number of rotatable bonds is 7. The predicted octanol–water partition coefficient (Wildman–Crippen LogP) is 4.40. The molecule has 0 saturated carbocycles. The summed E-state index contributed by atoms with van der Waals surface area (Å²) >= 11 is 6.27. The maximum Gasteiger partial charge on any atom is 0.239 e. The van der Waals surface area contributed by atoms with Gasteiger partial charge in [-0.1, -0.05) is 37.6 Å². The van der Waals surface area contributed by atoms with Crippen molar-refractivity contribution in [3.8, 4) is 0 Å². The first kappa shape index (κ1) is 23.4. The highest BCUT2D eigenvalue weighted by molar-refractivity contribution is 6.30. The highest BCUT2D eigenvalue weighted by Gasteiger charge is 2.34. The van der Waals surface area contributed by atoms with Gasteiger partial charge in [0.15, 0.2) is 0 Å². The Kier molecular flexibility index (Phi) is 8.44. The highest BCUT2D eigenvalue weighted by Crippen LogP contribution is 2.37. The summed E-state index contributed by atoms with van der Waals surface area (Å²) in [7, 11) is 1.73. The minimum Gasteiger partial charge on any atom is -0.508 e. The predicted molar refractivity (Wildman–Crippen MR) is 121 cm³/mol. The monoisotopic (exact) mass is 436 g/mol. The van der Waals surface area contributed by atoms with E-state index in [1.807, 2.05) is 17.1 Å². The molecule has 2 N–H and O–H groups in total. The van der Waals surface area contributed by atoms with E-state index in [1.165, 1.54) is 0 Å². The van der Waals surface area contributed by atoms with Crippen molar-refractivity contribution in [2.75, 3.05) is 26.7 Å². The van der Waals surface area contributed by atoms with E-state index in [4.69, 9.17) is 16.3 Å². The van der Waals surface area contributed by atoms with Crippen molar-refractivity contribution < 1.29 is 14.6 Å². The maximum absolute atomic E-state index is 13.2. The number of allylic oxidation sites excluding steroid dienone is 3. The van der Waals surface area contributed by atoms with Crippen LogP contribution in [0.25, 0.3) is 0 Å². The van der Waals surface area contributed by atoms with Crippen molar-refractivity contribution in [3.63, 3.8) is 0 Å². The average molecular weight is 437 g/mol. The Balaban J connectivity index is 1.50. The topological polar surface area (TPSA) is 61.8 Å². The second-order valence-corrected chi connectivity index (χ2v) is 9.76. The van der Waals surface area contributed by atoms with Gasteiger partial charge in [-0.25, -0.2) is 0 Å². The maximum atomic E-state index is 13.2. The molecule has 1 amide bonds. The van der Waals surface area contributed by atoms with Crippen molar-refractivity contribution in [1.29, 1.82) is 0 Å². The molecular formula is C24H37ClN2O3. The van der Waals surface area contributed by atoms with Crippen LogP contribution in [0.4, 0.5) is 0 Å². The van der Waals surface area contributed by atoms with Crippen LogP contribution >= 0.6 is 11.6 Å². The Bertz CT molecular complexity index is 680. The summed E-state index contributed by atoms with van der Waals surface area (Å²) in [5, 5.41) is 14.0. The van der Waals surface area contributed by atoms with Crippen LogP contribution in [0.3, 0.4) is 0 Å². The fraction of sp³-hybridized carbons (Fsp3) is 0.708. The van der Waals surface area contributed by atoms with Gasteiger partial charge in [0, 0.05) is 31.8 Å².